The maximum Gasteiger partial charge on any atom is 0.303 e. The summed E-state index contributed by atoms with van der Waals surface area (Å²) in [5, 5.41) is 0. The highest BCUT2D eigenvalue weighted by Crippen LogP contribution is 2.63. The molecule has 5 heteroatoms. The third-order valence-corrected chi connectivity index (χ3v) is 5.57. The first-order chi connectivity index (χ1) is 9.14. The van der Waals surface area contributed by atoms with Gasteiger partial charge in [-0.05, 0) is 33.1 Å². The third-order valence-electron chi connectivity index (χ3n) is 5.57. The highest BCUT2D eigenvalue weighted by Gasteiger charge is 2.74. The van der Waals surface area contributed by atoms with E-state index in [1.807, 2.05) is 13.8 Å². The highest BCUT2D eigenvalue weighted by molar-refractivity contribution is 5.66. The van der Waals surface area contributed by atoms with Crippen LogP contribution >= 0.6 is 0 Å². The van der Waals surface area contributed by atoms with Crippen LogP contribution in [0.2, 0.25) is 0 Å². The number of esters is 1. The number of hydrogen-bond acceptors (Lipinski definition) is 5. The lowest BCUT2D eigenvalue weighted by atomic mass is 9.54. The zero-order valence-corrected chi connectivity index (χ0v) is 12.9. The average Bonchev–Trinajstić information content (AvgIpc) is 2.32. The Bertz CT molecular complexity index is 436. The van der Waals surface area contributed by atoms with Gasteiger partial charge in [-0.2, -0.15) is 0 Å². The Hall–Kier alpha value is -0.650. The zero-order valence-electron chi connectivity index (χ0n) is 12.9. The van der Waals surface area contributed by atoms with Crippen LogP contribution in [0, 0.1) is 5.41 Å². The van der Waals surface area contributed by atoms with Crippen molar-refractivity contribution in [1.82, 2.24) is 0 Å². The van der Waals surface area contributed by atoms with Crippen molar-refractivity contribution in [3.05, 3.63) is 0 Å². The largest absolute Gasteiger partial charge is 0.459 e. The molecule has 0 aromatic carbocycles. The first-order valence-electron chi connectivity index (χ1n) is 7.38. The summed E-state index contributed by atoms with van der Waals surface area (Å²) in [4.78, 5) is 22.8. The van der Waals surface area contributed by atoms with Crippen molar-refractivity contribution in [2.24, 2.45) is 5.41 Å². The molecule has 0 unspecified atom stereocenters. The minimum atomic E-state index is -0.748. The average molecular weight is 284 g/mol. The molecule has 3 saturated heterocycles. The quantitative estimate of drug-likeness (QED) is 0.547. The van der Waals surface area contributed by atoms with E-state index in [0.717, 1.165) is 25.7 Å². The minimum Gasteiger partial charge on any atom is -0.459 e. The molecule has 0 radical (unpaired) electrons. The molecule has 1 spiro atoms. The molecule has 4 rings (SSSR count). The summed E-state index contributed by atoms with van der Waals surface area (Å²) in [5.74, 6) is -1.02. The van der Waals surface area contributed by atoms with Gasteiger partial charge in [0, 0.05) is 18.8 Å². The van der Waals surface area contributed by atoms with Gasteiger partial charge in [-0.15, -0.1) is 0 Å². The van der Waals surface area contributed by atoms with Gasteiger partial charge in [-0.3, -0.25) is 4.79 Å². The molecule has 0 N–H and O–H groups in total. The van der Waals surface area contributed by atoms with E-state index in [9.17, 15) is 4.79 Å². The lowest BCUT2D eigenvalue weighted by Crippen LogP contribution is -2.79. The molecule has 0 aromatic rings. The van der Waals surface area contributed by atoms with E-state index < -0.39 is 17.0 Å². The van der Waals surface area contributed by atoms with Gasteiger partial charge in [0.15, 0.2) is 5.79 Å². The molecule has 20 heavy (non-hydrogen) atoms. The smallest absolute Gasteiger partial charge is 0.303 e. The molecule has 0 amide bonds. The van der Waals surface area contributed by atoms with Crippen LogP contribution < -0.4 is 0 Å². The molecule has 3 heterocycles. The van der Waals surface area contributed by atoms with Gasteiger partial charge in [-0.25, -0.2) is 9.78 Å². The highest BCUT2D eigenvalue weighted by atomic mass is 17.3. The van der Waals surface area contributed by atoms with Crippen molar-refractivity contribution >= 4 is 5.97 Å². The van der Waals surface area contributed by atoms with Crippen LogP contribution in [0.4, 0.5) is 0 Å². The topological polar surface area (TPSA) is 54.0 Å². The van der Waals surface area contributed by atoms with Crippen LogP contribution in [0.15, 0.2) is 0 Å². The van der Waals surface area contributed by atoms with Gasteiger partial charge < -0.3 is 9.47 Å². The number of fused-ring (bicyclic) bond motifs is 2. The molecule has 1 aliphatic carbocycles. The second-order valence-corrected chi connectivity index (χ2v) is 7.36. The predicted octanol–water partition coefficient (Wildman–Crippen LogP) is 2.72. The number of ether oxygens (including phenoxy) is 2. The number of hydrogen-bond donors (Lipinski definition) is 0. The Morgan fingerprint density at radius 3 is 2.35 bits per heavy atom. The van der Waals surface area contributed by atoms with E-state index in [1.165, 1.54) is 6.92 Å². The van der Waals surface area contributed by atoms with E-state index in [0.29, 0.717) is 0 Å². The van der Waals surface area contributed by atoms with Crippen molar-refractivity contribution in [3.63, 3.8) is 0 Å². The third kappa shape index (κ3) is 1.63. The Morgan fingerprint density at radius 1 is 1.10 bits per heavy atom. The Kier molecular flexibility index (Phi) is 2.83. The maximum atomic E-state index is 11.4. The predicted molar refractivity (Wildman–Crippen MR) is 70.6 cm³/mol. The summed E-state index contributed by atoms with van der Waals surface area (Å²) in [5.41, 5.74) is -1.35. The van der Waals surface area contributed by atoms with Crippen LogP contribution in [0.5, 0.6) is 0 Å². The lowest BCUT2D eigenvalue weighted by Gasteiger charge is -2.68. The number of rotatable bonds is 1. The summed E-state index contributed by atoms with van der Waals surface area (Å²) in [6.45, 7) is 9.68. The van der Waals surface area contributed by atoms with Gasteiger partial charge in [0.1, 0.15) is 17.3 Å². The molecule has 3 aliphatic heterocycles. The summed E-state index contributed by atoms with van der Waals surface area (Å²) in [6.07, 6.45) is 3.04. The molecule has 0 aromatic heterocycles. The van der Waals surface area contributed by atoms with E-state index >= 15 is 0 Å². The van der Waals surface area contributed by atoms with Crippen molar-refractivity contribution in [3.8, 4) is 0 Å². The fraction of sp³-hybridized carbons (Fsp3) is 0.933. The van der Waals surface area contributed by atoms with Gasteiger partial charge in [-0.1, -0.05) is 13.8 Å². The van der Waals surface area contributed by atoms with Crippen LogP contribution in [0.3, 0.4) is 0 Å². The van der Waals surface area contributed by atoms with E-state index in [-0.39, 0.29) is 17.5 Å². The molecule has 114 valence electrons. The molecular formula is C15H24O5. The molecule has 5 nitrogen and oxygen atoms in total. The first kappa shape index (κ1) is 14.3. The Labute approximate surface area is 119 Å². The molecule has 4 atom stereocenters. The van der Waals surface area contributed by atoms with Gasteiger partial charge in [0.2, 0.25) is 0 Å². The molecule has 1 saturated carbocycles. The Morgan fingerprint density at radius 2 is 1.80 bits per heavy atom. The normalized spacial score (nSPS) is 49.5. The fourth-order valence-corrected chi connectivity index (χ4v) is 4.37. The molecular weight excluding hydrogens is 260 g/mol. The molecule has 4 aliphatic rings. The van der Waals surface area contributed by atoms with Crippen molar-refractivity contribution < 1.29 is 24.0 Å². The van der Waals surface area contributed by atoms with Gasteiger partial charge in [0.05, 0.1) is 0 Å². The Balaban J connectivity index is 2.05. The van der Waals surface area contributed by atoms with Gasteiger partial charge in [0.25, 0.3) is 0 Å². The van der Waals surface area contributed by atoms with Crippen molar-refractivity contribution in [2.45, 2.75) is 83.4 Å². The van der Waals surface area contributed by atoms with Crippen molar-refractivity contribution in [1.29, 1.82) is 0 Å². The van der Waals surface area contributed by atoms with Crippen LogP contribution in [0.1, 0.15) is 60.3 Å². The SMILES string of the molecule is CC(=O)O[C@@H]1CCC(C)(C)[C@@]23CC[C@@](C)(OO2)O[C@@]13C. The van der Waals surface area contributed by atoms with Crippen LogP contribution in [-0.4, -0.2) is 29.1 Å². The fourth-order valence-electron chi connectivity index (χ4n) is 4.37. The second kappa shape index (κ2) is 3.96. The van der Waals surface area contributed by atoms with E-state index in [1.54, 1.807) is 0 Å². The first-order valence-corrected chi connectivity index (χ1v) is 7.38. The van der Waals surface area contributed by atoms with E-state index in [2.05, 4.69) is 13.8 Å². The van der Waals surface area contributed by atoms with Crippen LogP contribution in [-0.2, 0) is 24.0 Å². The number of carbonyl (C=O) groups excluding carboxylic acids is 1. The number of carbonyl (C=O) groups is 1. The lowest BCUT2D eigenvalue weighted by molar-refractivity contribution is -0.593. The molecule has 4 fully saturated rings. The summed E-state index contributed by atoms with van der Waals surface area (Å²) >= 11 is 0. The summed E-state index contributed by atoms with van der Waals surface area (Å²) < 4.78 is 11.8. The summed E-state index contributed by atoms with van der Waals surface area (Å²) in [7, 11) is 0. The van der Waals surface area contributed by atoms with Gasteiger partial charge >= 0.3 is 5.97 Å². The standard InChI is InChI=1S/C15H24O5/c1-10(16)17-11-6-7-12(2,3)15-9-8-13(4,19-20-15)18-14(11,15)5/h11H,6-9H2,1-5H3/t11-,13-,14+,15-/m1/s1. The van der Waals surface area contributed by atoms with E-state index in [4.69, 9.17) is 19.2 Å². The molecule has 2 bridgehead atoms. The second-order valence-electron chi connectivity index (χ2n) is 7.36. The zero-order chi connectivity index (χ0) is 14.8. The minimum absolute atomic E-state index is 0.0971. The summed E-state index contributed by atoms with van der Waals surface area (Å²) in [6, 6.07) is 0. The monoisotopic (exact) mass is 284 g/mol. The van der Waals surface area contributed by atoms with Crippen LogP contribution in [0.25, 0.3) is 0 Å². The van der Waals surface area contributed by atoms with Crippen molar-refractivity contribution in [2.75, 3.05) is 0 Å². The maximum absolute atomic E-state index is 11.4.